The van der Waals surface area contributed by atoms with Crippen LogP contribution >= 0.6 is 15.9 Å². The fraction of sp³-hybridized carbons (Fsp3) is 0.455. The Morgan fingerprint density at radius 1 is 0.875 bits per heavy atom. The van der Waals surface area contributed by atoms with Crippen LogP contribution in [0.15, 0.2) is 42.5 Å². The first kappa shape index (κ1) is 17.5. The maximum atomic E-state index is 3.87. The van der Waals surface area contributed by atoms with Crippen molar-refractivity contribution in [2.45, 2.75) is 63.1 Å². The number of para-hydroxylation sites is 2. The number of H-pyrrole nitrogens is 1. The average Bonchev–Trinajstić information content (AvgIpc) is 2.98. The molecule has 1 unspecified atom stereocenters. The molecule has 0 aliphatic rings. The highest BCUT2D eigenvalue weighted by atomic mass is 79.9. The fourth-order valence-corrected chi connectivity index (χ4v) is 4.24. The molecule has 128 valence electrons. The van der Waals surface area contributed by atoms with Crippen LogP contribution < -0.4 is 0 Å². The topological polar surface area (TPSA) is 15.8 Å². The van der Waals surface area contributed by atoms with Crippen LogP contribution in [-0.2, 0) is 6.42 Å². The Bertz CT molecular complexity index is 774. The third-order valence-electron chi connectivity index (χ3n) is 4.96. The first-order valence-electron chi connectivity index (χ1n) is 9.42. The molecule has 0 spiro atoms. The molecule has 1 atom stereocenters. The Morgan fingerprint density at radius 3 is 2.54 bits per heavy atom. The Morgan fingerprint density at radius 2 is 1.67 bits per heavy atom. The van der Waals surface area contributed by atoms with E-state index in [9.17, 15) is 0 Å². The van der Waals surface area contributed by atoms with Gasteiger partial charge in [0.25, 0.3) is 0 Å². The lowest BCUT2D eigenvalue weighted by molar-refractivity contribution is 0.591. The lowest BCUT2D eigenvalue weighted by atomic mass is 10.0. The van der Waals surface area contributed by atoms with Crippen LogP contribution in [0.25, 0.3) is 21.8 Å². The van der Waals surface area contributed by atoms with E-state index in [-0.39, 0.29) is 0 Å². The number of benzene rings is 2. The molecule has 1 N–H and O–H groups in total. The molecule has 0 fully saturated rings. The minimum absolute atomic E-state index is 0.677. The molecule has 1 nitrogen and oxygen atoms in total. The second-order valence-corrected chi connectivity index (χ2v) is 8.14. The molecule has 0 aliphatic carbocycles. The molecular formula is C22H28BrN. The van der Waals surface area contributed by atoms with Gasteiger partial charge in [0, 0.05) is 26.6 Å². The fourth-order valence-electron chi connectivity index (χ4n) is 3.59. The lowest BCUT2D eigenvalue weighted by Gasteiger charge is -2.10. The van der Waals surface area contributed by atoms with Crippen LogP contribution in [0.3, 0.4) is 0 Å². The van der Waals surface area contributed by atoms with Gasteiger partial charge in [0.2, 0.25) is 0 Å². The molecule has 0 saturated carbocycles. The predicted molar refractivity (Wildman–Crippen MR) is 110 cm³/mol. The predicted octanol–water partition coefficient (Wildman–Crippen LogP) is 7.38. The van der Waals surface area contributed by atoms with Gasteiger partial charge in [-0.1, -0.05) is 84.9 Å². The number of rotatable bonds is 9. The van der Waals surface area contributed by atoms with Crippen molar-refractivity contribution in [1.29, 1.82) is 0 Å². The van der Waals surface area contributed by atoms with Crippen molar-refractivity contribution < 1.29 is 0 Å². The van der Waals surface area contributed by atoms with E-state index in [1.54, 1.807) is 0 Å². The summed E-state index contributed by atoms with van der Waals surface area (Å²) in [5, 5.41) is 2.70. The molecule has 24 heavy (non-hydrogen) atoms. The Kier molecular flexibility index (Phi) is 6.37. The van der Waals surface area contributed by atoms with Crippen LogP contribution in [0.4, 0.5) is 0 Å². The summed E-state index contributed by atoms with van der Waals surface area (Å²) in [6.07, 6.45) is 10.4. The number of aromatic amines is 1. The number of halogens is 1. The quantitative estimate of drug-likeness (QED) is 0.292. The highest BCUT2D eigenvalue weighted by molar-refractivity contribution is 9.09. The molecule has 0 bridgehead atoms. The second-order valence-electron chi connectivity index (χ2n) is 6.85. The summed E-state index contributed by atoms with van der Waals surface area (Å²) in [4.78, 5) is 4.30. The first-order valence-corrected chi connectivity index (χ1v) is 10.3. The summed E-state index contributed by atoms with van der Waals surface area (Å²) in [7, 11) is 0. The molecule has 0 radical (unpaired) electrons. The third-order valence-corrected chi connectivity index (χ3v) is 5.88. The summed E-state index contributed by atoms with van der Waals surface area (Å²) in [6, 6.07) is 15.3. The minimum Gasteiger partial charge on any atom is -0.354 e. The normalized spacial score (nSPS) is 12.9. The number of aryl methyl sites for hydroxylation is 1. The molecule has 0 amide bonds. The van der Waals surface area contributed by atoms with Crippen LogP contribution in [0.1, 0.15) is 57.4 Å². The number of hydrogen-bond acceptors (Lipinski definition) is 0. The Hall–Kier alpha value is -1.28. The number of alkyl halides is 1. The molecule has 0 saturated heterocycles. The van der Waals surface area contributed by atoms with Crippen molar-refractivity contribution >= 4 is 37.7 Å². The van der Waals surface area contributed by atoms with Gasteiger partial charge in [0.05, 0.1) is 0 Å². The number of unbranched alkanes of at least 4 members (excludes halogenated alkanes) is 3. The molecule has 3 rings (SSSR count). The summed E-state index contributed by atoms with van der Waals surface area (Å²) in [6.45, 7) is 2.27. The molecular weight excluding hydrogens is 358 g/mol. The van der Waals surface area contributed by atoms with E-state index in [2.05, 4.69) is 70.3 Å². The molecule has 0 aliphatic heterocycles. The third kappa shape index (κ3) is 4.22. The second kappa shape index (κ2) is 8.71. The Labute approximate surface area is 154 Å². The molecule has 1 aromatic heterocycles. The van der Waals surface area contributed by atoms with Crippen LogP contribution in [0, 0.1) is 0 Å². The van der Waals surface area contributed by atoms with Crippen molar-refractivity contribution in [2.24, 2.45) is 0 Å². The molecule has 1 heterocycles. The molecule has 2 heteroatoms. The van der Waals surface area contributed by atoms with Gasteiger partial charge >= 0.3 is 0 Å². The van der Waals surface area contributed by atoms with Crippen LogP contribution in [0.5, 0.6) is 0 Å². The highest BCUT2D eigenvalue weighted by Gasteiger charge is 2.09. The number of fused-ring (bicyclic) bond motifs is 3. The average molecular weight is 386 g/mol. The molecule has 2 aromatic carbocycles. The van der Waals surface area contributed by atoms with E-state index in [0.717, 1.165) is 6.42 Å². The van der Waals surface area contributed by atoms with Crippen molar-refractivity contribution in [3.63, 3.8) is 0 Å². The van der Waals surface area contributed by atoms with Gasteiger partial charge in [-0.2, -0.15) is 0 Å². The maximum Gasteiger partial charge on any atom is 0.0497 e. The van der Waals surface area contributed by atoms with Gasteiger partial charge in [0.15, 0.2) is 0 Å². The zero-order valence-electron chi connectivity index (χ0n) is 14.7. The van der Waals surface area contributed by atoms with Crippen molar-refractivity contribution in [3.8, 4) is 0 Å². The van der Waals surface area contributed by atoms with E-state index in [1.165, 1.54) is 72.3 Å². The number of hydrogen-bond donors (Lipinski definition) is 1. The SMILES string of the molecule is CCCCCCC(Br)CCCc1cccc2c1[nH]c1ccccc12. The smallest absolute Gasteiger partial charge is 0.0497 e. The van der Waals surface area contributed by atoms with E-state index in [0.29, 0.717) is 4.83 Å². The largest absolute Gasteiger partial charge is 0.354 e. The summed E-state index contributed by atoms with van der Waals surface area (Å²) < 4.78 is 0. The van der Waals surface area contributed by atoms with E-state index >= 15 is 0 Å². The van der Waals surface area contributed by atoms with Crippen LogP contribution in [-0.4, -0.2) is 9.81 Å². The monoisotopic (exact) mass is 385 g/mol. The molecule has 3 aromatic rings. The summed E-state index contributed by atoms with van der Waals surface area (Å²) in [5.74, 6) is 0. The van der Waals surface area contributed by atoms with Crippen molar-refractivity contribution in [2.75, 3.05) is 0 Å². The van der Waals surface area contributed by atoms with Crippen molar-refractivity contribution in [3.05, 3.63) is 48.0 Å². The van der Waals surface area contributed by atoms with Gasteiger partial charge in [-0.05, 0) is 37.3 Å². The summed E-state index contributed by atoms with van der Waals surface area (Å²) >= 11 is 3.87. The highest BCUT2D eigenvalue weighted by Crippen LogP contribution is 2.28. The van der Waals surface area contributed by atoms with Gasteiger partial charge < -0.3 is 4.98 Å². The Balaban J connectivity index is 1.59. The lowest BCUT2D eigenvalue weighted by Crippen LogP contribution is -1.99. The van der Waals surface area contributed by atoms with Gasteiger partial charge in [-0.3, -0.25) is 0 Å². The van der Waals surface area contributed by atoms with E-state index in [4.69, 9.17) is 0 Å². The minimum atomic E-state index is 0.677. The number of nitrogens with one attached hydrogen (secondary N) is 1. The maximum absolute atomic E-state index is 3.87. The number of aromatic nitrogens is 1. The zero-order valence-corrected chi connectivity index (χ0v) is 16.2. The van der Waals surface area contributed by atoms with Gasteiger partial charge in [0.1, 0.15) is 0 Å². The van der Waals surface area contributed by atoms with E-state index < -0.39 is 0 Å². The standard InChI is InChI=1S/C22H28BrN/c1-2-3-4-5-12-18(23)13-8-10-17-11-9-15-20-19-14-6-7-16-21(19)24-22(17)20/h6-7,9,11,14-16,18,24H,2-5,8,10,12-13H2,1H3. The zero-order chi connectivity index (χ0) is 16.8. The summed E-state index contributed by atoms with van der Waals surface area (Å²) in [5.41, 5.74) is 4.02. The van der Waals surface area contributed by atoms with Crippen LogP contribution in [0.2, 0.25) is 0 Å². The van der Waals surface area contributed by atoms with Crippen molar-refractivity contribution in [1.82, 2.24) is 4.98 Å². The van der Waals surface area contributed by atoms with Gasteiger partial charge in [-0.25, -0.2) is 0 Å². The first-order chi connectivity index (χ1) is 11.8. The van der Waals surface area contributed by atoms with Gasteiger partial charge in [-0.15, -0.1) is 0 Å². The van der Waals surface area contributed by atoms with E-state index in [1.807, 2.05) is 0 Å².